The molecule has 196 valence electrons. The van der Waals surface area contributed by atoms with E-state index in [-0.39, 0.29) is 29.8 Å². The lowest BCUT2D eigenvalue weighted by Crippen LogP contribution is -2.30. The van der Waals surface area contributed by atoms with Crippen LogP contribution in [0.4, 0.5) is 11.5 Å². The molecule has 9 heteroatoms. The standard InChI is InChI=1S/C28H35N5O4/c1-18(2)33-13-12-22(17-33)36-21-10-11-23(29-16-21)27(35)30-20-8-6-19(7-9-20)14-26(34)31-25-15-24(37-32-25)28(3,4)5/h6-11,15-16,18,22H,12-14,17H2,1-5H3,(H,30,35)(H,31,32,34)/t22-/m1/s1. The summed E-state index contributed by atoms with van der Waals surface area (Å²) in [6.45, 7) is 12.3. The molecule has 0 bridgehead atoms. The molecule has 3 heterocycles. The molecule has 0 saturated carbocycles. The van der Waals surface area contributed by atoms with E-state index in [1.165, 1.54) is 0 Å². The van der Waals surface area contributed by atoms with E-state index in [0.29, 0.717) is 34.8 Å². The maximum Gasteiger partial charge on any atom is 0.274 e. The number of anilines is 2. The Morgan fingerprint density at radius 2 is 1.89 bits per heavy atom. The van der Waals surface area contributed by atoms with Crippen molar-refractivity contribution in [1.82, 2.24) is 15.0 Å². The molecule has 1 fully saturated rings. The fourth-order valence-corrected chi connectivity index (χ4v) is 4.06. The highest BCUT2D eigenvalue weighted by Gasteiger charge is 2.25. The molecule has 2 aromatic heterocycles. The number of aromatic nitrogens is 2. The third-order valence-corrected chi connectivity index (χ3v) is 6.27. The number of hydrogen-bond acceptors (Lipinski definition) is 7. The van der Waals surface area contributed by atoms with Crippen molar-refractivity contribution in [2.45, 2.75) is 65.0 Å². The monoisotopic (exact) mass is 505 g/mol. The lowest BCUT2D eigenvalue weighted by atomic mass is 9.93. The van der Waals surface area contributed by atoms with Crippen LogP contribution in [0.5, 0.6) is 5.75 Å². The SMILES string of the molecule is CC(C)N1CC[C@@H](Oc2ccc(C(=O)Nc3ccc(CC(=O)Nc4cc(C(C)(C)C)on4)cc3)nc2)C1. The predicted octanol–water partition coefficient (Wildman–Crippen LogP) is 4.66. The first kappa shape index (κ1) is 26.3. The van der Waals surface area contributed by atoms with Crippen LogP contribution in [0.3, 0.4) is 0 Å². The molecule has 2 N–H and O–H groups in total. The van der Waals surface area contributed by atoms with Crippen molar-refractivity contribution in [3.63, 3.8) is 0 Å². The zero-order valence-electron chi connectivity index (χ0n) is 22.1. The summed E-state index contributed by atoms with van der Waals surface area (Å²) in [6.07, 6.45) is 2.89. The van der Waals surface area contributed by atoms with Crippen LogP contribution < -0.4 is 15.4 Å². The number of nitrogens with one attached hydrogen (secondary N) is 2. The number of ether oxygens (including phenoxy) is 1. The van der Waals surface area contributed by atoms with Crippen LogP contribution in [0.2, 0.25) is 0 Å². The van der Waals surface area contributed by atoms with Gasteiger partial charge in [0.1, 0.15) is 23.3 Å². The Bertz CT molecular complexity index is 1210. The average molecular weight is 506 g/mol. The van der Waals surface area contributed by atoms with E-state index in [2.05, 4.69) is 39.5 Å². The minimum absolute atomic E-state index is 0.140. The van der Waals surface area contributed by atoms with Gasteiger partial charge in [0.25, 0.3) is 5.91 Å². The molecule has 1 saturated heterocycles. The normalized spacial score (nSPS) is 16.1. The lowest BCUT2D eigenvalue weighted by Gasteiger charge is -2.20. The Morgan fingerprint density at radius 1 is 1.14 bits per heavy atom. The van der Waals surface area contributed by atoms with Gasteiger partial charge in [-0.2, -0.15) is 0 Å². The molecule has 0 unspecified atom stereocenters. The van der Waals surface area contributed by atoms with Crippen LogP contribution in [0, 0.1) is 0 Å². The Hall–Kier alpha value is -3.72. The number of hydrogen-bond donors (Lipinski definition) is 2. The van der Waals surface area contributed by atoms with Crippen molar-refractivity contribution in [2.75, 3.05) is 23.7 Å². The van der Waals surface area contributed by atoms with Crippen molar-refractivity contribution in [1.29, 1.82) is 0 Å². The second-order valence-electron chi connectivity index (χ2n) is 10.7. The van der Waals surface area contributed by atoms with Gasteiger partial charge in [-0.05, 0) is 50.1 Å². The van der Waals surface area contributed by atoms with Gasteiger partial charge in [0.2, 0.25) is 5.91 Å². The minimum atomic E-state index is -0.315. The van der Waals surface area contributed by atoms with Crippen LogP contribution in [-0.4, -0.2) is 52.1 Å². The van der Waals surface area contributed by atoms with Crippen molar-refractivity contribution in [3.8, 4) is 5.75 Å². The number of benzene rings is 1. The van der Waals surface area contributed by atoms with Crippen LogP contribution >= 0.6 is 0 Å². The van der Waals surface area contributed by atoms with Crippen LogP contribution in [0.1, 0.15) is 62.9 Å². The molecule has 3 aromatic rings. The number of rotatable bonds is 8. The topological polar surface area (TPSA) is 110 Å². The summed E-state index contributed by atoms with van der Waals surface area (Å²) in [5.74, 6) is 1.24. The molecule has 0 aliphatic carbocycles. The maximum absolute atomic E-state index is 12.6. The molecule has 1 aliphatic heterocycles. The Kier molecular flexibility index (Phi) is 7.92. The van der Waals surface area contributed by atoms with Gasteiger partial charge >= 0.3 is 0 Å². The fourth-order valence-electron chi connectivity index (χ4n) is 4.06. The Labute approximate surface area is 217 Å². The molecule has 4 rings (SSSR count). The highest BCUT2D eigenvalue weighted by Crippen LogP contribution is 2.24. The molecule has 1 atom stereocenters. The molecule has 1 aromatic carbocycles. The molecule has 2 amide bonds. The highest BCUT2D eigenvalue weighted by molar-refractivity contribution is 6.02. The van der Waals surface area contributed by atoms with Crippen molar-refractivity contribution in [3.05, 3.63) is 65.7 Å². The number of carbonyl (C=O) groups excluding carboxylic acids is 2. The fraction of sp³-hybridized carbons (Fsp3) is 0.429. The van der Waals surface area contributed by atoms with Gasteiger partial charge in [0.05, 0.1) is 12.6 Å². The minimum Gasteiger partial charge on any atom is -0.487 e. The molecule has 9 nitrogen and oxygen atoms in total. The lowest BCUT2D eigenvalue weighted by molar-refractivity contribution is -0.115. The van der Waals surface area contributed by atoms with Gasteiger partial charge < -0.3 is 19.9 Å². The molecular formula is C28H35N5O4. The summed E-state index contributed by atoms with van der Waals surface area (Å²) in [7, 11) is 0. The Morgan fingerprint density at radius 3 is 2.49 bits per heavy atom. The number of nitrogens with zero attached hydrogens (tertiary/aromatic N) is 3. The second-order valence-corrected chi connectivity index (χ2v) is 10.7. The third-order valence-electron chi connectivity index (χ3n) is 6.27. The van der Waals surface area contributed by atoms with Gasteiger partial charge in [-0.15, -0.1) is 0 Å². The summed E-state index contributed by atoms with van der Waals surface area (Å²) >= 11 is 0. The van der Waals surface area contributed by atoms with Gasteiger partial charge in [-0.25, -0.2) is 4.98 Å². The Balaban J connectivity index is 1.26. The van der Waals surface area contributed by atoms with E-state index in [0.717, 1.165) is 25.1 Å². The third kappa shape index (κ3) is 7.16. The van der Waals surface area contributed by atoms with Crippen LogP contribution in [0.15, 0.2) is 53.2 Å². The summed E-state index contributed by atoms with van der Waals surface area (Å²) < 4.78 is 11.3. The molecule has 37 heavy (non-hydrogen) atoms. The van der Waals surface area contributed by atoms with E-state index >= 15 is 0 Å². The first-order chi connectivity index (χ1) is 17.6. The van der Waals surface area contributed by atoms with E-state index < -0.39 is 0 Å². The largest absolute Gasteiger partial charge is 0.487 e. The molecule has 0 radical (unpaired) electrons. The van der Waals surface area contributed by atoms with E-state index in [4.69, 9.17) is 9.26 Å². The molecule has 1 aliphatic rings. The maximum atomic E-state index is 12.6. The predicted molar refractivity (Wildman–Crippen MR) is 142 cm³/mol. The van der Waals surface area contributed by atoms with Crippen molar-refractivity contribution >= 4 is 23.3 Å². The van der Waals surface area contributed by atoms with Gasteiger partial charge in [0.15, 0.2) is 5.82 Å². The summed E-state index contributed by atoms with van der Waals surface area (Å²) in [5.41, 5.74) is 1.53. The van der Waals surface area contributed by atoms with Crippen molar-refractivity contribution in [2.24, 2.45) is 0 Å². The first-order valence-corrected chi connectivity index (χ1v) is 12.6. The highest BCUT2D eigenvalue weighted by atomic mass is 16.5. The summed E-state index contributed by atoms with van der Waals surface area (Å²) in [5, 5.41) is 9.49. The zero-order chi connectivity index (χ0) is 26.6. The van der Waals surface area contributed by atoms with E-state index in [1.807, 2.05) is 20.8 Å². The first-order valence-electron chi connectivity index (χ1n) is 12.6. The van der Waals surface area contributed by atoms with Crippen LogP contribution in [-0.2, 0) is 16.6 Å². The second kappa shape index (κ2) is 11.1. The zero-order valence-corrected chi connectivity index (χ0v) is 22.1. The van der Waals surface area contributed by atoms with E-state index in [1.54, 1.807) is 48.7 Å². The van der Waals surface area contributed by atoms with Crippen molar-refractivity contribution < 1.29 is 18.8 Å². The number of carbonyl (C=O) groups is 2. The number of amides is 2. The smallest absolute Gasteiger partial charge is 0.274 e. The number of likely N-dealkylation sites (tertiary alicyclic amines) is 1. The van der Waals surface area contributed by atoms with E-state index in [9.17, 15) is 9.59 Å². The van der Waals surface area contributed by atoms with Gasteiger partial charge in [-0.1, -0.05) is 38.1 Å². The van der Waals surface area contributed by atoms with Crippen LogP contribution in [0.25, 0.3) is 0 Å². The molecular weight excluding hydrogens is 470 g/mol. The van der Waals surface area contributed by atoms with Gasteiger partial charge in [-0.3, -0.25) is 14.5 Å². The summed E-state index contributed by atoms with van der Waals surface area (Å²) in [6, 6.07) is 12.8. The molecule has 0 spiro atoms. The van der Waals surface area contributed by atoms with Gasteiger partial charge in [0, 0.05) is 36.3 Å². The summed E-state index contributed by atoms with van der Waals surface area (Å²) in [4.78, 5) is 31.7. The average Bonchev–Trinajstić information content (AvgIpc) is 3.51. The number of pyridine rings is 1. The quantitative estimate of drug-likeness (QED) is 0.458.